The molecule has 8 heteroatoms. The first-order chi connectivity index (χ1) is 12.7. The van der Waals surface area contributed by atoms with Crippen molar-refractivity contribution in [1.29, 1.82) is 0 Å². The Morgan fingerprint density at radius 3 is 2.19 bits per heavy atom. The highest BCUT2D eigenvalue weighted by molar-refractivity contribution is 5.98. The maximum absolute atomic E-state index is 12.2. The molecule has 0 aliphatic carbocycles. The molecule has 0 aliphatic rings. The van der Waals surface area contributed by atoms with Crippen molar-refractivity contribution in [3.63, 3.8) is 0 Å². The molecule has 1 atom stereocenters. The Labute approximate surface area is 155 Å². The van der Waals surface area contributed by atoms with Gasteiger partial charge in [-0.15, -0.1) is 0 Å². The number of hydrogen-bond acceptors (Lipinski definition) is 6. The highest BCUT2D eigenvalue weighted by atomic mass is 16.6. The van der Waals surface area contributed by atoms with E-state index in [-0.39, 0.29) is 17.0 Å². The summed E-state index contributed by atoms with van der Waals surface area (Å²) in [7, 11) is 0. The molecule has 2 aromatic rings. The van der Waals surface area contributed by atoms with E-state index in [1.54, 1.807) is 24.3 Å². The SMILES string of the molecule is CC(=O)c1ccc(NC(=O)C(C)OC(=O)c2ccc([N+](=O)[O-])c(C)c2)cc1. The van der Waals surface area contributed by atoms with Gasteiger partial charge in [0.15, 0.2) is 11.9 Å². The molecule has 0 fully saturated rings. The number of nitrogens with zero attached hydrogens (tertiary/aromatic N) is 1. The number of hydrogen-bond donors (Lipinski definition) is 1. The number of Topliss-reactive ketones (excluding diaryl/α,β-unsaturated/α-hetero) is 1. The highest BCUT2D eigenvalue weighted by Crippen LogP contribution is 2.19. The van der Waals surface area contributed by atoms with Gasteiger partial charge in [-0.1, -0.05) is 0 Å². The Hall–Kier alpha value is -3.55. The first kappa shape index (κ1) is 19.8. The van der Waals surface area contributed by atoms with Crippen molar-refractivity contribution >= 4 is 29.0 Å². The largest absolute Gasteiger partial charge is 0.449 e. The molecule has 0 saturated carbocycles. The van der Waals surface area contributed by atoms with Crippen LogP contribution in [0.5, 0.6) is 0 Å². The predicted molar refractivity (Wildman–Crippen MR) is 97.8 cm³/mol. The number of carbonyl (C=O) groups excluding carboxylic acids is 3. The number of nitrogens with one attached hydrogen (secondary N) is 1. The first-order valence-electron chi connectivity index (χ1n) is 8.07. The van der Waals surface area contributed by atoms with Crippen LogP contribution in [0.1, 0.15) is 40.1 Å². The average Bonchev–Trinajstić information content (AvgIpc) is 2.61. The van der Waals surface area contributed by atoms with Crippen LogP contribution in [-0.4, -0.2) is 28.7 Å². The van der Waals surface area contributed by atoms with Crippen LogP contribution in [0.15, 0.2) is 42.5 Å². The molecule has 2 aromatic carbocycles. The van der Waals surface area contributed by atoms with Crippen LogP contribution < -0.4 is 5.32 Å². The number of benzene rings is 2. The molecule has 0 bridgehead atoms. The van der Waals surface area contributed by atoms with Crippen molar-refractivity contribution in [3.05, 3.63) is 69.3 Å². The van der Waals surface area contributed by atoms with Crippen molar-refractivity contribution in [1.82, 2.24) is 0 Å². The summed E-state index contributed by atoms with van der Waals surface area (Å²) >= 11 is 0. The second-order valence-electron chi connectivity index (χ2n) is 5.93. The molecule has 0 radical (unpaired) electrons. The smallest absolute Gasteiger partial charge is 0.338 e. The van der Waals surface area contributed by atoms with E-state index in [0.29, 0.717) is 16.8 Å². The van der Waals surface area contributed by atoms with E-state index in [4.69, 9.17) is 4.74 Å². The van der Waals surface area contributed by atoms with E-state index in [1.807, 2.05) is 0 Å². The quantitative estimate of drug-likeness (QED) is 0.361. The fourth-order valence-electron chi connectivity index (χ4n) is 2.30. The third-order valence-electron chi connectivity index (χ3n) is 3.84. The number of rotatable bonds is 6. The standard InChI is InChI=1S/C19H18N2O6/c1-11-10-15(6-9-17(11)21(25)26)19(24)27-13(3)18(23)20-16-7-4-14(5-8-16)12(2)22/h4-10,13H,1-3H3,(H,20,23). The van der Waals surface area contributed by atoms with Gasteiger partial charge in [-0.05, 0) is 57.2 Å². The zero-order chi connectivity index (χ0) is 20.1. The van der Waals surface area contributed by atoms with E-state index in [9.17, 15) is 24.5 Å². The predicted octanol–water partition coefficient (Wildman–Crippen LogP) is 3.29. The van der Waals surface area contributed by atoms with Gasteiger partial charge in [0.25, 0.3) is 11.6 Å². The number of ketones is 1. The summed E-state index contributed by atoms with van der Waals surface area (Å²) in [4.78, 5) is 45.8. The van der Waals surface area contributed by atoms with E-state index in [0.717, 1.165) is 0 Å². The van der Waals surface area contributed by atoms with Gasteiger partial charge in [-0.3, -0.25) is 19.7 Å². The Kier molecular flexibility index (Phi) is 6.02. The van der Waals surface area contributed by atoms with Crippen molar-refractivity contribution in [2.45, 2.75) is 26.9 Å². The topological polar surface area (TPSA) is 116 Å². The lowest BCUT2D eigenvalue weighted by molar-refractivity contribution is -0.385. The minimum absolute atomic E-state index is 0.0893. The molecule has 0 saturated heterocycles. The maximum atomic E-state index is 12.2. The molecule has 0 aliphatic heterocycles. The highest BCUT2D eigenvalue weighted by Gasteiger charge is 2.21. The van der Waals surface area contributed by atoms with E-state index in [2.05, 4.69) is 5.32 Å². The second-order valence-corrected chi connectivity index (χ2v) is 5.93. The molecule has 1 amide bonds. The molecular weight excluding hydrogens is 352 g/mol. The van der Waals surface area contributed by atoms with Crippen LogP contribution in [0.3, 0.4) is 0 Å². The Morgan fingerprint density at radius 2 is 1.67 bits per heavy atom. The van der Waals surface area contributed by atoms with Crippen LogP contribution in [-0.2, 0) is 9.53 Å². The van der Waals surface area contributed by atoms with Gasteiger partial charge in [-0.25, -0.2) is 4.79 Å². The second kappa shape index (κ2) is 8.22. The number of esters is 1. The third kappa shape index (κ3) is 4.97. The molecule has 0 aromatic heterocycles. The molecule has 1 unspecified atom stereocenters. The van der Waals surface area contributed by atoms with E-state index in [1.165, 1.54) is 39.0 Å². The lowest BCUT2D eigenvalue weighted by atomic mass is 10.1. The summed E-state index contributed by atoms with van der Waals surface area (Å²) < 4.78 is 5.11. The number of nitro groups is 1. The van der Waals surface area contributed by atoms with Crippen molar-refractivity contribution in [2.75, 3.05) is 5.32 Å². The Morgan fingerprint density at radius 1 is 1.07 bits per heavy atom. The van der Waals surface area contributed by atoms with Gasteiger partial charge < -0.3 is 10.1 Å². The summed E-state index contributed by atoms with van der Waals surface area (Å²) in [5.41, 5.74) is 1.30. The Bertz CT molecular complexity index is 905. The number of aryl methyl sites for hydroxylation is 1. The summed E-state index contributed by atoms with van der Waals surface area (Å²) in [6.45, 7) is 4.36. The van der Waals surface area contributed by atoms with Crippen molar-refractivity contribution in [3.8, 4) is 0 Å². The molecule has 8 nitrogen and oxygen atoms in total. The molecule has 0 heterocycles. The van der Waals surface area contributed by atoms with E-state index < -0.39 is 22.9 Å². The van der Waals surface area contributed by atoms with Crippen molar-refractivity contribution in [2.24, 2.45) is 0 Å². The minimum Gasteiger partial charge on any atom is -0.449 e. The summed E-state index contributed by atoms with van der Waals surface area (Å²) in [6, 6.07) is 10.1. The number of ether oxygens (including phenoxy) is 1. The van der Waals surface area contributed by atoms with Gasteiger partial charge >= 0.3 is 5.97 Å². The van der Waals surface area contributed by atoms with Crippen LogP contribution in [0.25, 0.3) is 0 Å². The van der Waals surface area contributed by atoms with Crippen LogP contribution in [0.2, 0.25) is 0 Å². The number of anilines is 1. The minimum atomic E-state index is -1.08. The van der Waals surface area contributed by atoms with Crippen LogP contribution in [0.4, 0.5) is 11.4 Å². The van der Waals surface area contributed by atoms with Gasteiger partial charge in [0, 0.05) is 22.9 Å². The normalized spacial score (nSPS) is 11.4. The lowest BCUT2D eigenvalue weighted by Gasteiger charge is -2.14. The molecule has 1 N–H and O–H groups in total. The van der Waals surface area contributed by atoms with Crippen LogP contribution in [0, 0.1) is 17.0 Å². The fourth-order valence-corrected chi connectivity index (χ4v) is 2.30. The molecule has 140 valence electrons. The van der Waals surface area contributed by atoms with Gasteiger partial charge in [0.05, 0.1) is 10.5 Å². The summed E-state index contributed by atoms with van der Waals surface area (Å²) in [5.74, 6) is -1.39. The Balaban J connectivity index is 2.01. The molecule has 27 heavy (non-hydrogen) atoms. The summed E-state index contributed by atoms with van der Waals surface area (Å²) in [6.07, 6.45) is -1.08. The third-order valence-corrected chi connectivity index (χ3v) is 3.84. The van der Waals surface area contributed by atoms with Crippen LogP contribution >= 0.6 is 0 Å². The van der Waals surface area contributed by atoms with Gasteiger partial charge in [-0.2, -0.15) is 0 Å². The number of nitro benzene ring substituents is 1. The monoisotopic (exact) mass is 370 g/mol. The maximum Gasteiger partial charge on any atom is 0.338 e. The van der Waals surface area contributed by atoms with Gasteiger partial charge in [0.1, 0.15) is 0 Å². The summed E-state index contributed by atoms with van der Waals surface area (Å²) in [5, 5.41) is 13.4. The fraction of sp³-hybridized carbons (Fsp3) is 0.211. The van der Waals surface area contributed by atoms with E-state index >= 15 is 0 Å². The number of amides is 1. The van der Waals surface area contributed by atoms with Gasteiger partial charge in [0.2, 0.25) is 0 Å². The molecular formula is C19H18N2O6. The zero-order valence-electron chi connectivity index (χ0n) is 15.0. The molecule has 0 spiro atoms. The average molecular weight is 370 g/mol. The van der Waals surface area contributed by atoms with Crippen molar-refractivity contribution < 1.29 is 24.0 Å². The molecule has 2 rings (SSSR count). The lowest BCUT2D eigenvalue weighted by Crippen LogP contribution is -2.30. The first-order valence-corrected chi connectivity index (χ1v) is 8.07. The zero-order valence-corrected chi connectivity index (χ0v) is 15.0. The number of carbonyl (C=O) groups is 3.